The van der Waals surface area contributed by atoms with Gasteiger partial charge in [0.05, 0.1) is 0 Å². The van der Waals surface area contributed by atoms with Gasteiger partial charge in [0, 0.05) is 6.42 Å². The van der Waals surface area contributed by atoms with Crippen molar-refractivity contribution in [3.05, 3.63) is 0 Å². The molecule has 0 fully saturated rings. The molecule has 0 radical (unpaired) electrons. The van der Waals surface area contributed by atoms with Crippen molar-refractivity contribution < 1.29 is 15.3 Å². The first-order valence-corrected chi connectivity index (χ1v) is 2.85. The van der Waals surface area contributed by atoms with Crippen LogP contribution in [0.15, 0.2) is 0 Å². The zero-order valence-corrected chi connectivity index (χ0v) is 5.41. The van der Waals surface area contributed by atoms with Gasteiger partial charge in [-0.15, -0.1) is 0 Å². The van der Waals surface area contributed by atoms with E-state index in [0.717, 1.165) is 0 Å². The number of hydrogen-bond donors (Lipinski definition) is 4. The lowest BCUT2D eigenvalue weighted by Gasteiger charge is -2.21. The second kappa shape index (κ2) is 3.12. The van der Waals surface area contributed by atoms with Crippen LogP contribution in [0.4, 0.5) is 0 Å². The zero-order valence-electron chi connectivity index (χ0n) is 5.41. The third kappa shape index (κ3) is 4.35. The van der Waals surface area contributed by atoms with Gasteiger partial charge in [-0.3, -0.25) is 0 Å². The molecule has 0 spiro atoms. The van der Waals surface area contributed by atoms with Gasteiger partial charge in [-0.05, 0) is 6.42 Å². The lowest BCUT2D eigenvalue weighted by molar-refractivity contribution is -0.102. The lowest BCUT2D eigenvalue weighted by atomic mass is 10.1. The van der Waals surface area contributed by atoms with Crippen LogP contribution < -0.4 is 5.73 Å². The van der Waals surface area contributed by atoms with Crippen molar-refractivity contribution in [3.63, 3.8) is 0 Å². The second-order valence-corrected chi connectivity index (χ2v) is 2.14. The van der Waals surface area contributed by atoms with Crippen molar-refractivity contribution in [2.75, 3.05) is 0 Å². The van der Waals surface area contributed by atoms with Crippen molar-refractivity contribution in [2.24, 2.45) is 5.73 Å². The molecule has 9 heavy (non-hydrogen) atoms. The topological polar surface area (TPSA) is 86.7 Å². The predicted octanol–water partition coefficient (Wildman–Crippen LogP) is -1.26. The Morgan fingerprint density at radius 2 is 2.00 bits per heavy atom. The summed E-state index contributed by atoms with van der Waals surface area (Å²) in [5, 5.41) is 25.6. The molecular formula is C5H13NO3. The van der Waals surface area contributed by atoms with Gasteiger partial charge in [-0.2, -0.15) is 0 Å². The van der Waals surface area contributed by atoms with Crippen molar-refractivity contribution >= 4 is 0 Å². The molecule has 0 aliphatic heterocycles. The Labute approximate surface area is 53.9 Å². The molecule has 0 aliphatic carbocycles. The Hall–Kier alpha value is -0.160. The summed E-state index contributed by atoms with van der Waals surface area (Å²) in [6.07, 6.45) is -1.42. The minimum absolute atomic E-state index is 0.205. The molecule has 0 saturated carbocycles. The largest absolute Gasteiger partial charge is 0.376 e. The quantitative estimate of drug-likeness (QED) is 0.364. The molecule has 0 amide bonds. The van der Waals surface area contributed by atoms with Crippen LogP contribution in [0, 0.1) is 0 Å². The highest BCUT2D eigenvalue weighted by Gasteiger charge is 2.20. The van der Waals surface area contributed by atoms with Crippen molar-refractivity contribution in [1.82, 2.24) is 0 Å². The van der Waals surface area contributed by atoms with Crippen molar-refractivity contribution in [1.29, 1.82) is 0 Å². The maximum atomic E-state index is 8.95. The van der Waals surface area contributed by atoms with E-state index < -0.39 is 12.0 Å². The van der Waals surface area contributed by atoms with Crippen molar-refractivity contribution in [2.45, 2.75) is 31.8 Å². The average Bonchev–Trinajstić information content (AvgIpc) is 1.63. The third-order valence-electron chi connectivity index (χ3n) is 1.15. The molecule has 1 unspecified atom stereocenters. The summed E-state index contributed by atoms with van der Waals surface area (Å²) in [7, 11) is 0. The van der Waals surface area contributed by atoms with E-state index in [4.69, 9.17) is 21.1 Å². The summed E-state index contributed by atoms with van der Waals surface area (Å²) in [6.45, 7) is 1.67. The van der Waals surface area contributed by atoms with E-state index >= 15 is 0 Å². The van der Waals surface area contributed by atoms with Gasteiger partial charge in [-0.25, -0.2) is 0 Å². The van der Waals surface area contributed by atoms with Gasteiger partial charge in [0.15, 0.2) is 6.29 Å². The van der Waals surface area contributed by atoms with Gasteiger partial charge < -0.3 is 21.1 Å². The Balaban J connectivity index is 3.58. The fourth-order valence-electron chi connectivity index (χ4n) is 0.460. The first kappa shape index (κ1) is 8.84. The maximum Gasteiger partial charge on any atom is 0.155 e. The predicted molar refractivity (Wildman–Crippen MR) is 32.3 cm³/mol. The Kier molecular flexibility index (Phi) is 3.07. The van der Waals surface area contributed by atoms with E-state index in [1.54, 1.807) is 6.92 Å². The molecular weight excluding hydrogens is 122 g/mol. The van der Waals surface area contributed by atoms with Crippen LogP contribution in [0.1, 0.15) is 19.8 Å². The normalized spacial score (nSPS) is 18.0. The van der Waals surface area contributed by atoms with Crippen LogP contribution >= 0.6 is 0 Å². The van der Waals surface area contributed by atoms with E-state index in [1.807, 2.05) is 0 Å². The number of rotatable bonds is 3. The highest BCUT2D eigenvalue weighted by Crippen LogP contribution is 2.07. The van der Waals surface area contributed by atoms with Crippen molar-refractivity contribution in [3.8, 4) is 0 Å². The van der Waals surface area contributed by atoms with Crippen LogP contribution in [-0.2, 0) is 0 Å². The number of hydrogen-bond acceptors (Lipinski definition) is 4. The van der Waals surface area contributed by atoms with Crippen LogP contribution in [0.3, 0.4) is 0 Å². The minimum atomic E-state index is -1.53. The number of aliphatic hydroxyl groups excluding tert-OH is 1. The van der Waals surface area contributed by atoms with Crippen LogP contribution in [-0.4, -0.2) is 27.3 Å². The molecule has 0 bridgehead atoms. The molecule has 4 nitrogen and oxygen atoms in total. The zero-order chi connectivity index (χ0) is 7.49. The standard InChI is InChI=1S/C5H13NO3/c1-2-5(6,9)3-4(7)8/h4,7-9H,2-3,6H2,1H3. The number of aliphatic hydroxyl groups is 3. The molecule has 56 valence electrons. The first-order chi connectivity index (χ1) is 3.98. The van der Waals surface area contributed by atoms with Gasteiger partial charge in [0.25, 0.3) is 0 Å². The maximum absolute atomic E-state index is 8.95. The summed E-state index contributed by atoms with van der Waals surface area (Å²) < 4.78 is 0. The molecule has 0 aromatic heterocycles. The van der Waals surface area contributed by atoms with Gasteiger partial charge in [0.1, 0.15) is 5.72 Å². The highest BCUT2D eigenvalue weighted by atomic mass is 16.5. The molecule has 0 rings (SSSR count). The lowest BCUT2D eigenvalue weighted by Crippen LogP contribution is -2.41. The van der Waals surface area contributed by atoms with Gasteiger partial charge >= 0.3 is 0 Å². The van der Waals surface area contributed by atoms with Gasteiger partial charge in [-0.1, -0.05) is 6.92 Å². The molecule has 5 N–H and O–H groups in total. The SMILES string of the molecule is CCC(N)(O)CC(O)O. The summed E-state index contributed by atoms with van der Waals surface area (Å²) in [4.78, 5) is 0. The van der Waals surface area contributed by atoms with E-state index in [2.05, 4.69) is 0 Å². The second-order valence-electron chi connectivity index (χ2n) is 2.14. The monoisotopic (exact) mass is 135 g/mol. The number of nitrogens with two attached hydrogens (primary N) is 1. The van der Waals surface area contributed by atoms with E-state index in [9.17, 15) is 0 Å². The van der Waals surface area contributed by atoms with E-state index in [0.29, 0.717) is 6.42 Å². The molecule has 4 heteroatoms. The summed E-state index contributed by atoms with van der Waals surface area (Å²) in [6, 6.07) is 0. The molecule has 0 heterocycles. The third-order valence-corrected chi connectivity index (χ3v) is 1.15. The Bertz CT molecular complexity index is 82.3. The first-order valence-electron chi connectivity index (χ1n) is 2.85. The molecule has 0 aliphatic rings. The van der Waals surface area contributed by atoms with Crippen LogP contribution in [0.5, 0.6) is 0 Å². The smallest absolute Gasteiger partial charge is 0.155 e. The van der Waals surface area contributed by atoms with Gasteiger partial charge in [0.2, 0.25) is 0 Å². The Morgan fingerprint density at radius 3 is 2.11 bits per heavy atom. The fourth-order valence-corrected chi connectivity index (χ4v) is 0.460. The molecule has 0 aromatic rings. The van der Waals surface area contributed by atoms with E-state index in [1.165, 1.54) is 0 Å². The fraction of sp³-hybridized carbons (Fsp3) is 1.00. The summed E-state index contributed by atoms with van der Waals surface area (Å²) >= 11 is 0. The van der Waals surface area contributed by atoms with Crippen LogP contribution in [0.2, 0.25) is 0 Å². The summed E-state index contributed by atoms with van der Waals surface area (Å²) in [5.74, 6) is 0. The highest BCUT2D eigenvalue weighted by molar-refractivity contribution is 4.68. The van der Waals surface area contributed by atoms with E-state index in [-0.39, 0.29) is 6.42 Å². The molecule has 1 atom stereocenters. The molecule has 0 saturated heterocycles. The molecule has 0 aromatic carbocycles. The minimum Gasteiger partial charge on any atom is -0.376 e. The summed E-state index contributed by atoms with van der Waals surface area (Å²) in [5.41, 5.74) is 3.72. The average molecular weight is 135 g/mol. The Morgan fingerprint density at radius 1 is 1.56 bits per heavy atom. The van der Waals surface area contributed by atoms with Crippen LogP contribution in [0.25, 0.3) is 0 Å².